The summed E-state index contributed by atoms with van der Waals surface area (Å²) in [6.07, 6.45) is 13.0. The molecule has 1 aromatic rings. The van der Waals surface area contributed by atoms with Crippen LogP contribution in [0.3, 0.4) is 0 Å². The molecular formula is C25H34N2O2. The van der Waals surface area contributed by atoms with Gasteiger partial charge in [0.05, 0.1) is 16.7 Å². The molecule has 156 valence electrons. The number of anilines is 1. The summed E-state index contributed by atoms with van der Waals surface area (Å²) in [6, 6.07) is 7.93. The summed E-state index contributed by atoms with van der Waals surface area (Å²) in [5.74, 6) is 2.42. The fourth-order valence-corrected chi connectivity index (χ4v) is 7.25. The Labute approximate surface area is 174 Å². The summed E-state index contributed by atoms with van der Waals surface area (Å²) < 4.78 is 0. The maximum atomic E-state index is 13.5. The predicted octanol–water partition coefficient (Wildman–Crippen LogP) is 5.25. The van der Waals surface area contributed by atoms with E-state index in [0.717, 1.165) is 49.9 Å². The lowest BCUT2D eigenvalue weighted by Gasteiger charge is -2.55. The molecule has 0 aliphatic heterocycles. The Bertz CT molecular complexity index is 760. The third-order valence-corrected chi connectivity index (χ3v) is 8.37. The van der Waals surface area contributed by atoms with Gasteiger partial charge in [-0.25, -0.2) is 0 Å². The molecule has 2 amide bonds. The number of carbonyl (C=O) groups is 2. The molecule has 1 N–H and O–H groups in total. The quantitative estimate of drug-likeness (QED) is 0.758. The normalized spacial score (nSPS) is 33.5. The van der Waals surface area contributed by atoms with Crippen molar-refractivity contribution in [1.82, 2.24) is 4.90 Å². The first kappa shape index (κ1) is 19.1. The van der Waals surface area contributed by atoms with Crippen LogP contribution in [0, 0.1) is 23.2 Å². The molecule has 0 aromatic heterocycles. The molecule has 4 bridgehead atoms. The van der Waals surface area contributed by atoms with E-state index in [-0.39, 0.29) is 17.2 Å². The van der Waals surface area contributed by atoms with Crippen LogP contribution in [0.2, 0.25) is 0 Å². The van der Waals surface area contributed by atoms with Gasteiger partial charge in [0, 0.05) is 13.1 Å². The topological polar surface area (TPSA) is 49.4 Å². The van der Waals surface area contributed by atoms with E-state index in [1.165, 1.54) is 38.5 Å². The van der Waals surface area contributed by atoms with E-state index in [4.69, 9.17) is 0 Å². The zero-order valence-corrected chi connectivity index (χ0v) is 17.7. The van der Waals surface area contributed by atoms with Gasteiger partial charge in [-0.1, -0.05) is 31.4 Å². The van der Waals surface area contributed by atoms with Gasteiger partial charge in [-0.2, -0.15) is 0 Å². The minimum Gasteiger partial charge on any atom is -0.339 e. The van der Waals surface area contributed by atoms with E-state index in [1.54, 1.807) is 0 Å². The minimum atomic E-state index is -0.194. The molecule has 4 heteroatoms. The summed E-state index contributed by atoms with van der Waals surface area (Å²) in [5.41, 5.74) is 1.14. The SMILES string of the molecule is CN(C(=O)c1ccccc1NC(=O)C12CC3CC(CC(C3)C1)C2)C1CCCCC1. The van der Waals surface area contributed by atoms with Crippen molar-refractivity contribution >= 4 is 17.5 Å². The Morgan fingerprint density at radius 3 is 2.14 bits per heavy atom. The Kier molecular flexibility index (Phi) is 4.92. The van der Waals surface area contributed by atoms with Crippen LogP contribution in [0.1, 0.15) is 81.0 Å². The number of nitrogens with zero attached hydrogens (tertiary/aromatic N) is 1. The smallest absolute Gasteiger partial charge is 0.255 e. The molecule has 5 fully saturated rings. The van der Waals surface area contributed by atoms with Gasteiger partial charge in [-0.3, -0.25) is 9.59 Å². The number of amides is 2. The van der Waals surface area contributed by atoms with Gasteiger partial charge in [0.1, 0.15) is 0 Å². The zero-order chi connectivity index (χ0) is 20.0. The molecule has 0 spiro atoms. The average Bonchev–Trinajstić information content (AvgIpc) is 2.73. The molecule has 0 atom stereocenters. The molecule has 0 heterocycles. The number of hydrogen-bond acceptors (Lipinski definition) is 2. The van der Waals surface area contributed by atoms with E-state index in [0.29, 0.717) is 17.3 Å². The van der Waals surface area contributed by atoms with Crippen molar-refractivity contribution in [3.8, 4) is 0 Å². The van der Waals surface area contributed by atoms with Crippen LogP contribution < -0.4 is 5.32 Å². The second-order valence-corrected chi connectivity index (χ2v) is 10.4. The number of rotatable bonds is 4. The molecule has 0 unspecified atom stereocenters. The van der Waals surface area contributed by atoms with Gasteiger partial charge in [-0.05, 0) is 81.3 Å². The highest BCUT2D eigenvalue weighted by Gasteiger charge is 2.54. The highest BCUT2D eigenvalue weighted by Crippen LogP contribution is 2.60. The van der Waals surface area contributed by atoms with E-state index in [1.807, 2.05) is 36.2 Å². The first-order chi connectivity index (χ1) is 14.0. The van der Waals surface area contributed by atoms with Gasteiger partial charge >= 0.3 is 0 Å². The number of para-hydroxylation sites is 1. The van der Waals surface area contributed by atoms with E-state index < -0.39 is 0 Å². The van der Waals surface area contributed by atoms with Crippen LogP contribution >= 0.6 is 0 Å². The highest BCUT2D eigenvalue weighted by atomic mass is 16.2. The number of hydrogen-bond donors (Lipinski definition) is 1. The monoisotopic (exact) mass is 394 g/mol. The number of benzene rings is 1. The van der Waals surface area contributed by atoms with Crippen LogP contribution in [0.15, 0.2) is 24.3 Å². The van der Waals surface area contributed by atoms with Crippen molar-refractivity contribution in [2.45, 2.75) is 76.7 Å². The molecule has 5 aliphatic rings. The maximum absolute atomic E-state index is 13.5. The molecule has 4 nitrogen and oxygen atoms in total. The van der Waals surface area contributed by atoms with Gasteiger partial charge < -0.3 is 10.2 Å². The van der Waals surface area contributed by atoms with E-state index in [9.17, 15) is 9.59 Å². The minimum absolute atomic E-state index is 0.0401. The molecule has 6 rings (SSSR count). The van der Waals surface area contributed by atoms with Crippen LogP contribution in [-0.2, 0) is 4.79 Å². The Hall–Kier alpha value is -1.84. The fourth-order valence-electron chi connectivity index (χ4n) is 7.25. The second-order valence-electron chi connectivity index (χ2n) is 10.4. The zero-order valence-electron chi connectivity index (χ0n) is 17.7. The van der Waals surface area contributed by atoms with Crippen LogP contribution in [-0.4, -0.2) is 29.8 Å². The first-order valence-electron chi connectivity index (χ1n) is 11.7. The molecule has 5 saturated carbocycles. The van der Waals surface area contributed by atoms with Crippen molar-refractivity contribution < 1.29 is 9.59 Å². The van der Waals surface area contributed by atoms with Crippen molar-refractivity contribution in [2.75, 3.05) is 12.4 Å². The van der Waals surface area contributed by atoms with Crippen LogP contribution in [0.4, 0.5) is 5.69 Å². The van der Waals surface area contributed by atoms with Gasteiger partial charge in [0.2, 0.25) is 5.91 Å². The van der Waals surface area contributed by atoms with Crippen molar-refractivity contribution in [3.05, 3.63) is 29.8 Å². The Balaban J connectivity index is 1.34. The van der Waals surface area contributed by atoms with E-state index in [2.05, 4.69) is 5.32 Å². The third-order valence-electron chi connectivity index (χ3n) is 8.37. The lowest BCUT2D eigenvalue weighted by atomic mass is 9.49. The standard InChI is InChI=1S/C25H34N2O2/c1-27(20-7-3-2-4-8-20)23(28)21-9-5-6-10-22(21)26-24(29)25-14-17-11-18(15-25)13-19(12-17)16-25/h5-6,9-10,17-20H,2-4,7-8,11-16H2,1H3,(H,26,29). The number of nitrogens with one attached hydrogen (secondary N) is 1. The van der Waals surface area contributed by atoms with Crippen LogP contribution in [0.5, 0.6) is 0 Å². The molecule has 0 saturated heterocycles. The summed E-state index contributed by atoms with van der Waals surface area (Å²) >= 11 is 0. The fraction of sp³-hybridized carbons (Fsp3) is 0.680. The van der Waals surface area contributed by atoms with Gasteiger partial charge in [0.25, 0.3) is 5.91 Å². The van der Waals surface area contributed by atoms with E-state index >= 15 is 0 Å². The first-order valence-corrected chi connectivity index (χ1v) is 11.7. The summed E-state index contributed by atoms with van der Waals surface area (Å²) in [4.78, 5) is 28.7. The summed E-state index contributed by atoms with van der Waals surface area (Å²) in [7, 11) is 1.93. The molecule has 0 radical (unpaired) electrons. The predicted molar refractivity (Wildman–Crippen MR) is 115 cm³/mol. The van der Waals surface area contributed by atoms with Crippen molar-refractivity contribution in [3.63, 3.8) is 0 Å². The lowest BCUT2D eigenvalue weighted by Crippen LogP contribution is -2.51. The van der Waals surface area contributed by atoms with Gasteiger partial charge in [0.15, 0.2) is 0 Å². The number of carbonyl (C=O) groups excluding carboxylic acids is 2. The third kappa shape index (κ3) is 3.49. The van der Waals surface area contributed by atoms with Crippen molar-refractivity contribution in [2.24, 2.45) is 23.2 Å². The largest absolute Gasteiger partial charge is 0.339 e. The van der Waals surface area contributed by atoms with Crippen LogP contribution in [0.25, 0.3) is 0 Å². The molecule has 5 aliphatic carbocycles. The summed E-state index contributed by atoms with van der Waals surface area (Å²) in [5, 5.41) is 3.22. The average molecular weight is 395 g/mol. The second kappa shape index (κ2) is 7.45. The van der Waals surface area contributed by atoms with Crippen molar-refractivity contribution in [1.29, 1.82) is 0 Å². The summed E-state index contributed by atoms with van der Waals surface area (Å²) in [6.45, 7) is 0. The molecular weight excluding hydrogens is 360 g/mol. The highest BCUT2D eigenvalue weighted by molar-refractivity contribution is 6.05. The Morgan fingerprint density at radius 1 is 0.931 bits per heavy atom. The van der Waals surface area contributed by atoms with Gasteiger partial charge in [-0.15, -0.1) is 0 Å². The Morgan fingerprint density at radius 2 is 1.52 bits per heavy atom. The maximum Gasteiger partial charge on any atom is 0.255 e. The molecule has 1 aromatic carbocycles. The lowest BCUT2D eigenvalue weighted by molar-refractivity contribution is -0.140. The molecule has 29 heavy (non-hydrogen) atoms.